The van der Waals surface area contributed by atoms with E-state index in [2.05, 4.69) is 0 Å². The highest BCUT2D eigenvalue weighted by molar-refractivity contribution is 7.07. The molecule has 5 aromatic rings. The van der Waals surface area contributed by atoms with E-state index < -0.39 is 12.0 Å². The van der Waals surface area contributed by atoms with Crippen LogP contribution in [0.1, 0.15) is 29.9 Å². The van der Waals surface area contributed by atoms with Crippen molar-refractivity contribution in [2.45, 2.75) is 13.0 Å². The third-order valence-electron chi connectivity index (χ3n) is 6.90. The molecule has 0 radical (unpaired) electrons. The molecule has 10 heteroatoms. The van der Waals surface area contributed by atoms with E-state index in [-0.39, 0.29) is 17.7 Å². The van der Waals surface area contributed by atoms with Gasteiger partial charge in [0.25, 0.3) is 5.56 Å². The Bertz CT molecular complexity index is 2060. The van der Waals surface area contributed by atoms with E-state index >= 15 is 0 Å². The van der Waals surface area contributed by atoms with Crippen molar-refractivity contribution in [3.8, 4) is 17.1 Å². The Hall–Kier alpha value is -4.37. The van der Waals surface area contributed by atoms with Gasteiger partial charge in [-0.2, -0.15) is 0 Å². The molecule has 1 aliphatic rings. The molecule has 2 aromatic heterocycles. The van der Waals surface area contributed by atoms with Gasteiger partial charge in [-0.1, -0.05) is 83.1 Å². The Labute approximate surface area is 260 Å². The van der Waals surface area contributed by atoms with E-state index in [1.807, 2.05) is 48.5 Å². The molecule has 0 saturated carbocycles. The van der Waals surface area contributed by atoms with Gasteiger partial charge in [0.05, 0.1) is 45.6 Å². The number of methoxy groups -OCH3 is 1. The molecule has 216 valence electrons. The molecule has 3 heterocycles. The molecular weight excluding hydrogens is 607 g/mol. The number of nitrogens with zero attached hydrogens (tertiary/aromatic N) is 2. The second-order valence-corrected chi connectivity index (χ2v) is 11.3. The fourth-order valence-electron chi connectivity index (χ4n) is 4.97. The predicted octanol–water partition coefficient (Wildman–Crippen LogP) is 6.51. The number of furan rings is 1. The van der Waals surface area contributed by atoms with Crippen LogP contribution >= 0.6 is 34.5 Å². The molecule has 6 rings (SSSR count). The molecule has 0 unspecified atom stereocenters. The van der Waals surface area contributed by atoms with Crippen molar-refractivity contribution in [1.29, 1.82) is 0 Å². The highest BCUT2D eigenvalue weighted by atomic mass is 35.5. The van der Waals surface area contributed by atoms with Gasteiger partial charge in [0, 0.05) is 17.2 Å². The van der Waals surface area contributed by atoms with Gasteiger partial charge in [0.15, 0.2) is 4.80 Å². The number of hydrogen-bond donors (Lipinski definition) is 0. The van der Waals surface area contributed by atoms with Crippen LogP contribution in [0.3, 0.4) is 0 Å². The van der Waals surface area contributed by atoms with Crippen molar-refractivity contribution in [2.24, 2.45) is 4.99 Å². The molecule has 0 aliphatic carbocycles. The van der Waals surface area contributed by atoms with Gasteiger partial charge in [0.1, 0.15) is 17.3 Å². The highest BCUT2D eigenvalue weighted by Gasteiger charge is 2.35. The summed E-state index contributed by atoms with van der Waals surface area (Å²) in [5, 5.41) is 0.789. The van der Waals surface area contributed by atoms with Crippen LogP contribution in [0.4, 0.5) is 0 Å². The first-order chi connectivity index (χ1) is 20.9. The number of hydrogen-bond acceptors (Lipinski definition) is 7. The Kier molecular flexibility index (Phi) is 8.08. The maximum atomic E-state index is 14.1. The Balaban J connectivity index is 1.57. The molecule has 3 aromatic carbocycles. The van der Waals surface area contributed by atoms with E-state index in [4.69, 9.17) is 42.1 Å². The minimum absolute atomic E-state index is 0.164. The van der Waals surface area contributed by atoms with Crippen LogP contribution < -0.4 is 19.6 Å². The van der Waals surface area contributed by atoms with E-state index in [1.54, 1.807) is 56.5 Å². The quantitative estimate of drug-likeness (QED) is 0.191. The molecule has 0 spiro atoms. The lowest BCUT2D eigenvalue weighted by Crippen LogP contribution is -2.40. The number of aromatic nitrogens is 1. The van der Waals surface area contributed by atoms with Crippen molar-refractivity contribution in [2.75, 3.05) is 13.7 Å². The maximum Gasteiger partial charge on any atom is 0.338 e. The summed E-state index contributed by atoms with van der Waals surface area (Å²) in [6.07, 6.45) is 1.66. The van der Waals surface area contributed by atoms with Crippen LogP contribution in [0.15, 0.2) is 105 Å². The summed E-state index contributed by atoms with van der Waals surface area (Å²) in [5.74, 6) is 0.990. The van der Waals surface area contributed by atoms with Crippen molar-refractivity contribution < 1.29 is 18.7 Å². The number of benzene rings is 3. The lowest BCUT2D eigenvalue weighted by molar-refractivity contribution is -0.138. The SMILES string of the molecule is CCOC(=O)C1=C(c2ccccc2)N=c2s/c(=C\c3ccc(-c4cccc(Cl)c4Cl)o3)c(=O)n2[C@H]1c1cccc(OC)c1. The average molecular weight is 632 g/mol. The Morgan fingerprint density at radius 1 is 1.05 bits per heavy atom. The fraction of sp³-hybridized carbons (Fsp3) is 0.121. The number of halogens is 2. The zero-order valence-corrected chi connectivity index (χ0v) is 25.4. The number of ether oxygens (including phenoxy) is 2. The molecule has 0 fully saturated rings. The highest BCUT2D eigenvalue weighted by Crippen LogP contribution is 2.37. The first-order valence-electron chi connectivity index (χ1n) is 13.4. The van der Waals surface area contributed by atoms with Crippen LogP contribution in [0.25, 0.3) is 23.1 Å². The summed E-state index contributed by atoms with van der Waals surface area (Å²) >= 11 is 13.8. The summed E-state index contributed by atoms with van der Waals surface area (Å²) in [4.78, 5) is 33.0. The smallest absolute Gasteiger partial charge is 0.338 e. The van der Waals surface area contributed by atoms with Crippen LogP contribution in [-0.2, 0) is 9.53 Å². The summed E-state index contributed by atoms with van der Waals surface area (Å²) in [6.45, 7) is 1.90. The topological polar surface area (TPSA) is 83.0 Å². The second-order valence-electron chi connectivity index (χ2n) is 9.51. The van der Waals surface area contributed by atoms with Crippen LogP contribution in [0.5, 0.6) is 5.75 Å². The number of rotatable bonds is 7. The van der Waals surface area contributed by atoms with E-state index in [0.29, 0.717) is 53.5 Å². The summed E-state index contributed by atoms with van der Waals surface area (Å²) in [7, 11) is 1.57. The zero-order chi connectivity index (χ0) is 30.1. The standard InChI is InChI=1S/C33H24Cl2N2O5S/c1-3-41-32(39)27-29(19-9-5-4-6-10-19)36-33-37(30(27)20-11-7-12-21(17-20)40-2)31(38)26(43-33)18-22-15-16-25(42-22)23-13-8-14-24(34)28(23)35/h4-18,30H,3H2,1-2H3/b26-18-/t30-/m0/s1. The number of fused-ring (bicyclic) bond motifs is 1. The third kappa shape index (κ3) is 5.45. The van der Waals surface area contributed by atoms with Crippen molar-refractivity contribution in [3.63, 3.8) is 0 Å². The van der Waals surface area contributed by atoms with Crippen LogP contribution in [0, 0.1) is 0 Å². The molecule has 0 amide bonds. The summed E-state index contributed by atoms with van der Waals surface area (Å²) < 4.78 is 19.0. The van der Waals surface area contributed by atoms with E-state index in [1.165, 1.54) is 15.9 Å². The first kappa shape index (κ1) is 28.7. The molecule has 43 heavy (non-hydrogen) atoms. The van der Waals surface area contributed by atoms with Gasteiger partial charge in [-0.05, 0) is 48.9 Å². The molecule has 1 atom stereocenters. The Morgan fingerprint density at radius 2 is 1.84 bits per heavy atom. The van der Waals surface area contributed by atoms with E-state index in [9.17, 15) is 9.59 Å². The largest absolute Gasteiger partial charge is 0.497 e. The molecular formula is C33H24Cl2N2O5S. The average Bonchev–Trinajstić information content (AvgIpc) is 3.62. The van der Waals surface area contributed by atoms with Gasteiger partial charge >= 0.3 is 5.97 Å². The minimum atomic E-state index is -0.819. The zero-order valence-electron chi connectivity index (χ0n) is 23.0. The molecule has 7 nitrogen and oxygen atoms in total. The lowest BCUT2D eigenvalue weighted by atomic mass is 9.93. The molecule has 0 saturated heterocycles. The first-order valence-corrected chi connectivity index (χ1v) is 14.9. The minimum Gasteiger partial charge on any atom is -0.497 e. The Morgan fingerprint density at radius 3 is 2.60 bits per heavy atom. The molecule has 0 N–H and O–H groups in total. The summed E-state index contributed by atoms with van der Waals surface area (Å²) in [5.41, 5.74) is 2.41. The molecule has 0 bridgehead atoms. The lowest BCUT2D eigenvalue weighted by Gasteiger charge is -2.26. The van der Waals surface area contributed by atoms with Gasteiger partial charge < -0.3 is 13.9 Å². The van der Waals surface area contributed by atoms with Crippen molar-refractivity contribution in [3.05, 3.63) is 137 Å². The van der Waals surface area contributed by atoms with Gasteiger partial charge in [-0.15, -0.1) is 0 Å². The van der Waals surface area contributed by atoms with Crippen molar-refractivity contribution >= 4 is 52.3 Å². The van der Waals surface area contributed by atoms with Gasteiger partial charge in [-0.25, -0.2) is 9.79 Å². The number of carbonyl (C=O) groups is 1. The monoisotopic (exact) mass is 630 g/mol. The summed E-state index contributed by atoms with van der Waals surface area (Å²) in [6, 6.07) is 24.7. The third-order valence-corrected chi connectivity index (χ3v) is 8.70. The fourth-order valence-corrected chi connectivity index (χ4v) is 6.34. The van der Waals surface area contributed by atoms with Crippen LogP contribution in [-0.4, -0.2) is 24.3 Å². The number of esters is 1. The predicted molar refractivity (Wildman–Crippen MR) is 168 cm³/mol. The molecule has 1 aliphatic heterocycles. The number of thiazole rings is 1. The maximum absolute atomic E-state index is 14.1. The normalized spacial score (nSPS) is 14.8. The van der Waals surface area contributed by atoms with Gasteiger partial charge in [-0.3, -0.25) is 9.36 Å². The second kappa shape index (κ2) is 12.1. The van der Waals surface area contributed by atoms with E-state index in [0.717, 1.165) is 5.56 Å². The number of carbonyl (C=O) groups excluding carboxylic acids is 1. The van der Waals surface area contributed by atoms with Gasteiger partial charge in [0.2, 0.25) is 0 Å². The van der Waals surface area contributed by atoms with Crippen molar-refractivity contribution in [1.82, 2.24) is 4.57 Å². The van der Waals surface area contributed by atoms with Crippen LogP contribution in [0.2, 0.25) is 10.0 Å².